The van der Waals surface area contributed by atoms with Crippen molar-refractivity contribution in [3.8, 4) is 0 Å². The number of nitrogens with zero attached hydrogens (tertiary/aromatic N) is 3. The van der Waals surface area contributed by atoms with Crippen LogP contribution in [0, 0.1) is 0 Å². The molecule has 0 radical (unpaired) electrons. The summed E-state index contributed by atoms with van der Waals surface area (Å²) in [6.07, 6.45) is 3.41. The third-order valence-electron chi connectivity index (χ3n) is 3.10. The van der Waals surface area contributed by atoms with Crippen molar-refractivity contribution in [1.29, 1.82) is 0 Å². The Labute approximate surface area is 122 Å². The number of hydrogen-bond acceptors (Lipinski definition) is 4. The van der Waals surface area contributed by atoms with Gasteiger partial charge in [-0.05, 0) is 12.1 Å². The van der Waals surface area contributed by atoms with Gasteiger partial charge >= 0.3 is 5.97 Å². The zero-order valence-corrected chi connectivity index (χ0v) is 12.5. The van der Waals surface area contributed by atoms with Crippen molar-refractivity contribution < 1.29 is 18.3 Å². The first kappa shape index (κ1) is 15.3. The second-order valence-corrected chi connectivity index (χ2v) is 6.34. The molecule has 21 heavy (non-hydrogen) atoms. The van der Waals surface area contributed by atoms with Gasteiger partial charge in [-0.3, -0.25) is 4.68 Å². The van der Waals surface area contributed by atoms with E-state index in [9.17, 15) is 13.2 Å². The van der Waals surface area contributed by atoms with Gasteiger partial charge < -0.3 is 9.67 Å². The quantitative estimate of drug-likeness (QED) is 0.779. The Morgan fingerprint density at radius 3 is 2.67 bits per heavy atom. The molecule has 0 amide bonds. The average molecular weight is 312 g/mol. The lowest BCUT2D eigenvalue weighted by Gasteiger charge is -2.05. The summed E-state index contributed by atoms with van der Waals surface area (Å²) in [5, 5.41) is 12.9. The number of aryl methyl sites for hydroxylation is 2. The Hall–Kier alpha value is -2.13. The number of aromatic carboxylic acids is 1. The molecule has 0 bridgehead atoms. The minimum absolute atomic E-state index is 0.0626. The van der Waals surface area contributed by atoms with Crippen LogP contribution in [0.4, 0.5) is 0 Å². The second kappa shape index (κ2) is 5.70. The fourth-order valence-corrected chi connectivity index (χ4v) is 3.04. The zero-order chi connectivity index (χ0) is 15.6. The van der Waals surface area contributed by atoms with Gasteiger partial charge in [0.2, 0.25) is 10.0 Å². The van der Waals surface area contributed by atoms with E-state index in [0.29, 0.717) is 6.42 Å². The topological polar surface area (TPSA) is 106 Å². The molecule has 0 aliphatic carbocycles. The van der Waals surface area contributed by atoms with Crippen LogP contribution < -0.4 is 4.72 Å². The number of carbonyl (C=O) groups is 1. The highest BCUT2D eigenvalue weighted by atomic mass is 32.2. The van der Waals surface area contributed by atoms with Crippen LogP contribution in [-0.4, -0.2) is 40.4 Å². The molecule has 8 nitrogen and oxygen atoms in total. The maximum Gasteiger partial charge on any atom is 0.352 e. The molecular formula is C12H16N4O4S. The van der Waals surface area contributed by atoms with Crippen LogP contribution in [0.25, 0.3) is 0 Å². The van der Waals surface area contributed by atoms with Gasteiger partial charge in [0, 0.05) is 45.1 Å². The molecule has 2 aromatic heterocycles. The van der Waals surface area contributed by atoms with Crippen LogP contribution in [0.15, 0.2) is 29.4 Å². The molecule has 2 heterocycles. The maximum atomic E-state index is 12.1. The van der Waals surface area contributed by atoms with Crippen LogP contribution >= 0.6 is 0 Å². The molecule has 0 spiro atoms. The lowest BCUT2D eigenvalue weighted by molar-refractivity contribution is 0.0686. The van der Waals surface area contributed by atoms with Crippen molar-refractivity contribution in [3.05, 3.63) is 35.9 Å². The molecule has 9 heteroatoms. The summed E-state index contributed by atoms with van der Waals surface area (Å²) >= 11 is 0. The zero-order valence-electron chi connectivity index (χ0n) is 11.6. The summed E-state index contributed by atoms with van der Waals surface area (Å²) < 4.78 is 29.6. The predicted octanol–water partition coefficient (Wildman–Crippen LogP) is -0.0222. The Morgan fingerprint density at radius 2 is 2.14 bits per heavy atom. The number of carboxylic acid groups (broad SMARTS) is 1. The molecule has 0 unspecified atom stereocenters. The first-order valence-electron chi connectivity index (χ1n) is 6.17. The molecule has 2 aromatic rings. The first-order chi connectivity index (χ1) is 9.81. The second-order valence-electron chi connectivity index (χ2n) is 4.57. The number of hydrogen-bond donors (Lipinski definition) is 2. The maximum absolute atomic E-state index is 12.1. The van der Waals surface area contributed by atoms with Gasteiger partial charge in [0.25, 0.3) is 0 Å². The number of aromatic nitrogens is 3. The Balaban J connectivity index is 2.07. The summed E-state index contributed by atoms with van der Waals surface area (Å²) in [6.45, 7) is 0.208. The molecule has 0 aromatic carbocycles. The van der Waals surface area contributed by atoms with Gasteiger partial charge in [0.15, 0.2) is 0 Å². The van der Waals surface area contributed by atoms with Gasteiger partial charge in [-0.25, -0.2) is 17.9 Å². The van der Waals surface area contributed by atoms with E-state index in [2.05, 4.69) is 9.82 Å². The van der Waals surface area contributed by atoms with E-state index in [1.807, 2.05) is 0 Å². The summed E-state index contributed by atoms with van der Waals surface area (Å²) in [6, 6.07) is 2.94. The molecule has 0 atom stereocenters. The molecule has 2 rings (SSSR count). The van der Waals surface area contributed by atoms with E-state index >= 15 is 0 Å². The minimum atomic E-state index is -3.73. The molecule has 2 N–H and O–H groups in total. The van der Waals surface area contributed by atoms with Crippen LogP contribution in [0.2, 0.25) is 0 Å². The van der Waals surface area contributed by atoms with Crippen molar-refractivity contribution in [3.63, 3.8) is 0 Å². The number of sulfonamides is 1. The molecular weight excluding hydrogens is 296 g/mol. The Morgan fingerprint density at radius 1 is 1.43 bits per heavy atom. The fourth-order valence-electron chi connectivity index (χ4n) is 1.94. The van der Waals surface area contributed by atoms with E-state index in [4.69, 9.17) is 5.11 Å². The van der Waals surface area contributed by atoms with Gasteiger partial charge in [-0.2, -0.15) is 5.10 Å². The third-order valence-corrected chi connectivity index (χ3v) is 4.53. The summed E-state index contributed by atoms with van der Waals surface area (Å²) in [4.78, 5) is 10.9. The van der Waals surface area contributed by atoms with E-state index < -0.39 is 16.0 Å². The molecule has 0 saturated carbocycles. The summed E-state index contributed by atoms with van der Waals surface area (Å²) in [7, 11) is -0.463. The highest BCUT2D eigenvalue weighted by Gasteiger charge is 2.19. The third kappa shape index (κ3) is 3.31. The fraction of sp³-hybridized carbons (Fsp3) is 0.333. The molecule has 0 aliphatic heterocycles. The van der Waals surface area contributed by atoms with Crippen molar-refractivity contribution in [2.45, 2.75) is 11.3 Å². The van der Waals surface area contributed by atoms with E-state index in [1.165, 1.54) is 17.8 Å². The van der Waals surface area contributed by atoms with Crippen molar-refractivity contribution >= 4 is 16.0 Å². The molecule has 0 fully saturated rings. The number of carboxylic acids is 1. The highest BCUT2D eigenvalue weighted by Crippen LogP contribution is 2.13. The largest absolute Gasteiger partial charge is 0.477 e. The molecule has 0 saturated heterocycles. The van der Waals surface area contributed by atoms with Crippen LogP contribution in [0.5, 0.6) is 0 Å². The van der Waals surface area contributed by atoms with E-state index in [0.717, 1.165) is 11.8 Å². The Kier molecular flexibility index (Phi) is 4.14. The van der Waals surface area contributed by atoms with Gasteiger partial charge in [0.1, 0.15) is 10.6 Å². The van der Waals surface area contributed by atoms with E-state index in [1.54, 1.807) is 24.0 Å². The SMILES string of the molecule is Cn1cc(S(=O)(=O)NCCc2ccnn2C)cc1C(=O)O. The van der Waals surface area contributed by atoms with Gasteiger partial charge in [-0.15, -0.1) is 0 Å². The lowest BCUT2D eigenvalue weighted by atomic mass is 10.3. The Bertz CT molecular complexity index is 760. The molecule has 0 aliphatic rings. The minimum Gasteiger partial charge on any atom is -0.477 e. The lowest BCUT2D eigenvalue weighted by Crippen LogP contribution is -2.26. The summed E-state index contributed by atoms with van der Waals surface area (Å²) in [5.41, 5.74) is 0.819. The molecule has 114 valence electrons. The van der Waals surface area contributed by atoms with E-state index in [-0.39, 0.29) is 17.1 Å². The monoisotopic (exact) mass is 312 g/mol. The van der Waals surface area contributed by atoms with Gasteiger partial charge in [-0.1, -0.05) is 0 Å². The van der Waals surface area contributed by atoms with Crippen LogP contribution in [0.1, 0.15) is 16.2 Å². The smallest absolute Gasteiger partial charge is 0.352 e. The normalized spacial score (nSPS) is 11.7. The number of rotatable bonds is 6. The summed E-state index contributed by atoms with van der Waals surface area (Å²) in [5.74, 6) is -1.17. The van der Waals surface area contributed by atoms with Gasteiger partial charge in [0.05, 0.1) is 0 Å². The van der Waals surface area contributed by atoms with Crippen molar-refractivity contribution in [2.24, 2.45) is 14.1 Å². The van der Waals surface area contributed by atoms with Crippen LogP contribution in [-0.2, 0) is 30.5 Å². The predicted molar refractivity (Wildman–Crippen MR) is 74.5 cm³/mol. The van der Waals surface area contributed by atoms with Crippen LogP contribution in [0.3, 0.4) is 0 Å². The first-order valence-corrected chi connectivity index (χ1v) is 7.66. The number of nitrogens with one attached hydrogen (secondary N) is 1. The highest BCUT2D eigenvalue weighted by molar-refractivity contribution is 7.89. The van der Waals surface area contributed by atoms with Crippen molar-refractivity contribution in [1.82, 2.24) is 19.1 Å². The average Bonchev–Trinajstić information content (AvgIpc) is 2.96. The standard InChI is InChI=1S/C12H16N4O4S/c1-15-8-10(7-11(15)12(17)18)21(19,20)14-6-4-9-3-5-13-16(9)2/h3,5,7-8,14H,4,6H2,1-2H3,(H,17,18). The van der Waals surface area contributed by atoms with Crippen molar-refractivity contribution in [2.75, 3.05) is 6.54 Å².